The molecule has 1 heterocycles. The number of fused-ring (bicyclic) bond motifs is 1. The number of carbonyl (C=O) groups excluding carboxylic acids is 1. The largest absolute Gasteiger partial charge is 0.508 e. The molecule has 0 fully saturated rings. The molecule has 1 aromatic carbocycles. The van der Waals surface area contributed by atoms with Crippen LogP contribution in [0.1, 0.15) is 47.1 Å². The minimum Gasteiger partial charge on any atom is -0.508 e. The summed E-state index contributed by atoms with van der Waals surface area (Å²) in [5, 5.41) is 16.3. The van der Waals surface area contributed by atoms with E-state index in [1.54, 1.807) is 18.2 Å². The van der Waals surface area contributed by atoms with Crippen molar-refractivity contribution in [1.29, 1.82) is 0 Å². The Balaban J connectivity index is 1.70. The van der Waals surface area contributed by atoms with Gasteiger partial charge in [0.1, 0.15) is 5.75 Å². The zero-order valence-corrected chi connectivity index (χ0v) is 12.6. The van der Waals surface area contributed by atoms with E-state index in [1.807, 2.05) is 6.07 Å². The Kier molecular flexibility index (Phi) is 4.13. The van der Waals surface area contributed by atoms with Gasteiger partial charge in [0.2, 0.25) is 5.76 Å². The van der Waals surface area contributed by atoms with Crippen LogP contribution in [-0.2, 0) is 19.4 Å². The molecule has 0 saturated heterocycles. The van der Waals surface area contributed by atoms with Crippen molar-refractivity contribution in [2.24, 2.45) is 5.92 Å². The number of aromatic hydroxyl groups is 1. The SMILES string of the molecule is CCC1CCc2noc(C(=O)NCc3cccc(O)c3)c2C1. The van der Waals surface area contributed by atoms with Crippen LogP contribution in [0.4, 0.5) is 0 Å². The molecule has 1 aliphatic carbocycles. The lowest BCUT2D eigenvalue weighted by Crippen LogP contribution is -2.24. The second-order valence-corrected chi connectivity index (χ2v) is 5.81. The summed E-state index contributed by atoms with van der Waals surface area (Å²) in [6.07, 6.45) is 3.97. The molecule has 1 aliphatic rings. The molecule has 1 amide bonds. The van der Waals surface area contributed by atoms with Crippen molar-refractivity contribution in [3.63, 3.8) is 0 Å². The number of aryl methyl sites for hydroxylation is 1. The molecule has 0 radical (unpaired) electrons. The first-order valence-electron chi connectivity index (χ1n) is 7.71. The van der Waals surface area contributed by atoms with Gasteiger partial charge in [0.15, 0.2) is 0 Å². The van der Waals surface area contributed by atoms with Gasteiger partial charge in [-0.15, -0.1) is 0 Å². The lowest BCUT2D eigenvalue weighted by molar-refractivity contribution is 0.0912. The Hall–Kier alpha value is -2.30. The molecule has 0 saturated carbocycles. The molecule has 1 unspecified atom stereocenters. The van der Waals surface area contributed by atoms with Crippen molar-refractivity contribution >= 4 is 5.91 Å². The van der Waals surface area contributed by atoms with Crippen molar-refractivity contribution in [2.75, 3.05) is 0 Å². The Labute approximate surface area is 129 Å². The first-order valence-corrected chi connectivity index (χ1v) is 7.71. The highest BCUT2D eigenvalue weighted by Gasteiger charge is 2.27. The highest BCUT2D eigenvalue weighted by Crippen LogP contribution is 2.29. The molecule has 2 N–H and O–H groups in total. The monoisotopic (exact) mass is 300 g/mol. The number of carbonyl (C=O) groups is 1. The fraction of sp³-hybridized carbons (Fsp3) is 0.412. The molecule has 5 nitrogen and oxygen atoms in total. The van der Waals surface area contributed by atoms with Crippen LogP contribution < -0.4 is 5.32 Å². The van der Waals surface area contributed by atoms with Gasteiger partial charge in [0, 0.05) is 12.1 Å². The van der Waals surface area contributed by atoms with Crippen LogP contribution in [0.25, 0.3) is 0 Å². The van der Waals surface area contributed by atoms with Gasteiger partial charge >= 0.3 is 0 Å². The van der Waals surface area contributed by atoms with Crippen LogP contribution in [0.2, 0.25) is 0 Å². The van der Waals surface area contributed by atoms with Gasteiger partial charge in [-0.2, -0.15) is 0 Å². The highest BCUT2D eigenvalue weighted by atomic mass is 16.5. The van der Waals surface area contributed by atoms with Gasteiger partial charge in [0.25, 0.3) is 5.91 Å². The molecule has 2 aromatic rings. The molecule has 5 heteroatoms. The Morgan fingerprint density at radius 3 is 3.14 bits per heavy atom. The first kappa shape index (κ1) is 14.6. The first-order chi connectivity index (χ1) is 10.7. The number of phenols is 1. The van der Waals surface area contributed by atoms with Gasteiger partial charge < -0.3 is 14.9 Å². The molecular formula is C17H20N2O3. The van der Waals surface area contributed by atoms with Crippen molar-refractivity contribution in [2.45, 2.75) is 39.2 Å². The summed E-state index contributed by atoms with van der Waals surface area (Å²) in [5.74, 6) is 0.890. The third kappa shape index (κ3) is 2.98. The molecule has 22 heavy (non-hydrogen) atoms. The number of aromatic nitrogens is 1. The lowest BCUT2D eigenvalue weighted by Gasteiger charge is -2.19. The molecule has 116 valence electrons. The topological polar surface area (TPSA) is 75.4 Å². The van der Waals surface area contributed by atoms with Crippen LogP contribution in [-0.4, -0.2) is 16.2 Å². The number of phenolic OH excluding ortho intramolecular Hbond substituents is 1. The van der Waals surface area contributed by atoms with E-state index < -0.39 is 0 Å². The van der Waals surface area contributed by atoms with E-state index in [0.29, 0.717) is 18.2 Å². The Bertz CT molecular complexity index is 678. The summed E-state index contributed by atoms with van der Waals surface area (Å²) in [7, 11) is 0. The van der Waals surface area contributed by atoms with Crippen molar-refractivity contribution in [3.8, 4) is 5.75 Å². The summed E-state index contributed by atoms with van der Waals surface area (Å²) in [6.45, 7) is 2.52. The van der Waals surface area contributed by atoms with E-state index in [-0.39, 0.29) is 11.7 Å². The van der Waals surface area contributed by atoms with Crippen LogP contribution in [0, 0.1) is 5.92 Å². The fourth-order valence-electron chi connectivity index (χ4n) is 2.94. The summed E-state index contributed by atoms with van der Waals surface area (Å²) < 4.78 is 5.27. The lowest BCUT2D eigenvalue weighted by atomic mass is 9.85. The van der Waals surface area contributed by atoms with Crippen LogP contribution >= 0.6 is 0 Å². The fourth-order valence-corrected chi connectivity index (χ4v) is 2.94. The van der Waals surface area contributed by atoms with Crippen LogP contribution in [0.5, 0.6) is 5.75 Å². The van der Waals surface area contributed by atoms with E-state index in [1.165, 1.54) is 0 Å². The summed E-state index contributed by atoms with van der Waals surface area (Å²) in [6, 6.07) is 6.83. The number of rotatable bonds is 4. The van der Waals surface area contributed by atoms with E-state index in [2.05, 4.69) is 17.4 Å². The van der Waals surface area contributed by atoms with Gasteiger partial charge in [-0.1, -0.05) is 30.6 Å². The zero-order chi connectivity index (χ0) is 15.5. The highest BCUT2D eigenvalue weighted by molar-refractivity contribution is 5.93. The third-order valence-corrected chi connectivity index (χ3v) is 4.30. The second kappa shape index (κ2) is 6.22. The minimum atomic E-state index is -0.242. The maximum atomic E-state index is 12.3. The number of nitrogens with one attached hydrogen (secondary N) is 1. The summed E-state index contributed by atoms with van der Waals surface area (Å²) >= 11 is 0. The van der Waals surface area contributed by atoms with Crippen molar-refractivity contribution in [3.05, 3.63) is 46.8 Å². The number of hydrogen-bond acceptors (Lipinski definition) is 4. The Morgan fingerprint density at radius 1 is 1.50 bits per heavy atom. The van der Waals surface area contributed by atoms with E-state index >= 15 is 0 Å². The number of nitrogens with zero attached hydrogens (tertiary/aromatic N) is 1. The average Bonchev–Trinajstić information content (AvgIpc) is 2.95. The number of hydrogen-bond donors (Lipinski definition) is 2. The van der Waals surface area contributed by atoms with Gasteiger partial charge in [-0.25, -0.2) is 0 Å². The van der Waals surface area contributed by atoms with Gasteiger partial charge in [-0.05, 0) is 42.9 Å². The van der Waals surface area contributed by atoms with Gasteiger partial charge in [0.05, 0.1) is 5.69 Å². The summed E-state index contributed by atoms with van der Waals surface area (Å²) in [5.41, 5.74) is 2.73. The number of benzene rings is 1. The quantitative estimate of drug-likeness (QED) is 0.910. The van der Waals surface area contributed by atoms with E-state index in [0.717, 1.165) is 42.5 Å². The van der Waals surface area contributed by atoms with Crippen LogP contribution in [0.3, 0.4) is 0 Å². The molecule has 1 atom stereocenters. The molecule has 0 bridgehead atoms. The van der Waals surface area contributed by atoms with Gasteiger partial charge in [-0.3, -0.25) is 4.79 Å². The maximum absolute atomic E-state index is 12.3. The molecular weight excluding hydrogens is 280 g/mol. The molecule has 3 rings (SSSR count). The third-order valence-electron chi connectivity index (χ3n) is 4.30. The summed E-state index contributed by atoms with van der Waals surface area (Å²) in [4.78, 5) is 12.3. The predicted molar refractivity (Wildman–Crippen MR) is 81.6 cm³/mol. The maximum Gasteiger partial charge on any atom is 0.290 e. The predicted octanol–water partition coefficient (Wildman–Crippen LogP) is 2.83. The Morgan fingerprint density at radius 2 is 2.36 bits per heavy atom. The van der Waals surface area contributed by atoms with E-state index in [4.69, 9.17) is 4.52 Å². The molecule has 1 aromatic heterocycles. The molecule has 0 spiro atoms. The van der Waals surface area contributed by atoms with Crippen molar-refractivity contribution < 1.29 is 14.4 Å². The van der Waals surface area contributed by atoms with Crippen molar-refractivity contribution in [1.82, 2.24) is 10.5 Å². The molecule has 0 aliphatic heterocycles. The van der Waals surface area contributed by atoms with Crippen LogP contribution in [0.15, 0.2) is 28.8 Å². The zero-order valence-electron chi connectivity index (χ0n) is 12.6. The number of amides is 1. The smallest absolute Gasteiger partial charge is 0.290 e. The minimum absolute atomic E-state index is 0.189. The normalized spacial score (nSPS) is 17.0. The second-order valence-electron chi connectivity index (χ2n) is 5.81. The average molecular weight is 300 g/mol. The standard InChI is InChI=1S/C17H20N2O3/c1-2-11-6-7-15-14(9-11)16(22-19-15)17(21)18-10-12-4-3-5-13(20)8-12/h3-5,8,11,20H,2,6-7,9-10H2,1H3,(H,18,21). The van der Waals surface area contributed by atoms with E-state index in [9.17, 15) is 9.90 Å².